The number of likely N-dealkylation sites (tertiary alicyclic amines) is 1. The van der Waals surface area contributed by atoms with Gasteiger partial charge in [-0.3, -0.25) is 4.85 Å². The zero-order chi connectivity index (χ0) is 32.6. The highest BCUT2D eigenvalue weighted by Gasteiger charge is 2.30. The predicted molar refractivity (Wildman–Crippen MR) is 166 cm³/mol. The summed E-state index contributed by atoms with van der Waals surface area (Å²) >= 11 is 0. The van der Waals surface area contributed by atoms with Crippen LogP contribution in [0.3, 0.4) is 0 Å². The molecule has 2 aromatic carbocycles. The van der Waals surface area contributed by atoms with Crippen LogP contribution in [-0.2, 0) is 21.1 Å². The minimum atomic E-state index is -4.47. The number of rotatable bonds is 12. The van der Waals surface area contributed by atoms with E-state index in [0.717, 1.165) is 42.4 Å². The number of aromatic nitrogens is 1. The smallest absolute Gasteiger partial charge is 0.406 e. The van der Waals surface area contributed by atoms with Crippen molar-refractivity contribution in [1.29, 1.82) is 0 Å². The number of hydrogen-bond acceptors (Lipinski definition) is 8. The van der Waals surface area contributed by atoms with Crippen LogP contribution in [0.4, 0.5) is 24.5 Å². The quantitative estimate of drug-likeness (QED) is 0.198. The van der Waals surface area contributed by atoms with Crippen molar-refractivity contribution in [2.75, 3.05) is 63.5 Å². The largest absolute Gasteiger partial charge is 0.424 e. The summed E-state index contributed by atoms with van der Waals surface area (Å²) in [4.78, 5) is 5.32. The van der Waals surface area contributed by atoms with Gasteiger partial charge in [-0.15, -0.1) is 0 Å². The molecule has 4 rings (SSSR count). The van der Waals surface area contributed by atoms with E-state index in [1.165, 1.54) is 18.2 Å². The molecule has 0 radical (unpaired) electrons. The molecule has 45 heavy (non-hydrogen) atoms. The molecule has 3 aromatic rings. The van der Waals surface area contributed by atoms with Crippen LogP contribution in [0.2, 0.25) is 0 Å². The standard InChI is InChI=1S/C31H36F3N5O5S/c1-35-21-44-30-17-25(45(3,41)42)9-10-28(30)36-13-5-6-23-16-26-27(7-4-8-29(26)39(23)20-31(32,33)34)37-22-11-14-38(15-12-22)18-24(40)19-43-2/h4,7-10,16-17,22,24,36-37,40H,11-15,18-21H2,2-3H3. The minimum absolute atomic E-state index is 0.0168. The van der Waals surface area contributed by atoms with Gasteiger partial charge >= 0.3 is 12.9 Å². The average molecular weight is 648 g/mol. The topological polar surface area (TPSA) is 109 Å². The Morgan fingerprint density at radius 2 is 1.93 bits per heavy atom. The Morgan fingerprint density at radius 1 is 1.18 bits per heavy atom. The Morgan fingerprint density at radius 3 is 2.60 bits per heavy atom. The minimum Gasteiger partial charge on any atom is -0.424 e. The van der Waals surface area contributed by atoms with Gasteiger partial charge in [0.05, 0.1) is 41.0 Å². The lowest BCUT2D eigenvalue weighted by molar-refractivity contribution is -0.140. The summed E-state index contributed by atoms with van der Waals surface area (Å²) in [6.07, 6.45) is -2.35. The third-order valence-corrected chi connectivity index (χ3v) is 8.42. The molecule has 3 N–H and O–H groups in total. The van der Waals surface area contributed by atoms with E-state index in [0.29, 0.717) is 23.1 Å². The first-order valence-electron chi connectivity index (χ1n) is 14.3. The van der Waals surface area contributed by atoms with Crippen molar-refractivity contribution in [2.24, 2.45) is 0 Å². The third kappa shape index (κ3) is 9.52. The number of alkyl halides is 3. The fourth-order valence-corrected chi connectivity index (χ4v) is 5.90. The van der Waals surface area contributed by atoms with Crippen LogP contribution < -0.4 is 15.4 Å². The van der Waals surface area contributed by atoms with E-state index in [-0.39, 0.29) is 42.3 Å². The zero-order valence-corrected chi connectivity index (χ0v) is 25.8. The van der Waals surface area contributed by atoms with Crippen molar-refractivity contribution in [3.05, 3.63) is 59.6 Å². The highest BCUT2D eigenvalue weighted by atomic mass is 32.2. The van der Waals surface area contributed by atoms with Crippen molar-refractivity contribution in [1.82, 2.24) is 9.47 Å². The van der Waals surface area contributed by atoms with E-state index in [2.05, 4.69) is 32.2 Å². The maximum absolute atomic E-state index is 13.6. The van der Waals surface area contributed by atoms with Crippen molar-refractivity contribution in [2.45, 2.75) is 42.6 Å². The van der Waals surface area contributed by atoms with E-state index in [1.54, 1.807) is 25.3 Å². The maximum Gasteiger partial charge on any atom is 0.406 e. The van der Waals surface area contributed by atoms with Crippen molar-refractivity contribution in [3.63, 3.8) is 0 Å². The number of halogens is 3. The Hall–Kier alpha value is -3.95. The second-order valence-corrected chi connectivity index (χ2v) is 12.8. The number of β-amino-alcohol motifs (C(OH)–C–C–N with tert-alkyl or cyclic N) is 1. The molecule has 0 aliphatic carbocycles. The van der Waals surface area contributed by atoms with Crippen molar-refractivity contribution >= 4 is 32.1 Å². The monoisotopic (exact) mass is 647 g/mol. The summed E-state index contributed by atoms with van der Waals surface area (Å²) in [5, 5.41) is 17.2. The lowest BCUT2D eigenvalue weighted by atomic mass is 10.0. The zero-order valence-electron chi connectivity index (χ0n) is 25.0. The van der Waals surface area contributed by atoms with Crippen LogP contribution >= 0.6 is 0 Å². The van der Waals surface area contributed by atoms with Crippen molar-refractivity contribution in [3.8, 4) is 17.6 Å². The van der Waals surface area contributed by atoms with Crippen LogP contribution in [0.15, 0.2) is 47.4 Å². The lowest BCUT2D eigenvalue weighted by Crippen LogP contribution is -2.43. The van der Waals surface area contributed by atoms with E-state index in [4.69, 9.17) is 16.0 Å². The molecule has 0 bridgehead atoms. The lowest BCUT2D eigenvalue weighted by Gasteiger charge is -2.34. The van der Waals surface area contributed by atoms with E-state index < -0.39 is 28.7 Å². The predicted octanol–water partition coefficient (Wildman–Crippen LogP) is 4.21. The number of methoxy groups -OCH3 is 1. The second kappa shape index (κ2) is 14.9. The molecule has 14 heteroatoms. The highest BCUT2D eigenvalue weighted by Crippen LogP contribution is 2.32. The number of nitrogens with one attached hydrogen (secondary N) is 2. The molecule has 1 aliphatic heterocycles. The number of aliphatic hydroxyl groups is 1. The molecular weight excluding hydrogens is 611 g/mol. The van der Waals surface area contributed by atoms with Gasteiger partial charge in [-0.25, -0.2) is 15.0 Å². The van der Waals surface area contributed by atoms with Gasteiger partial charge in [-0.1, -0.05) is 12.0 Å². The summed E-state index contributed by atoms with van der Waals surface area (Å²) in [5.74, 6) is 5.86. The van der Waals surface area contributed by atoms with E-state index in [9.17, 15) is 26.7 Å². The number of hydrogen-bond donors (Lipinski definition) is 3. The normalized spacial score (nSPS) is 15.2. The van der Waals surface area contributed by atoms with Crippen LogP contribution in [0.5, 0.6) is 5.75 Å². The average Bonchev–Trinajstić information content (AvgIpc) is 3.31. The fourth-order valence-electron chi connectivity index (χ4n) is 5.26. The number of ether oxygens (including phenoxy) is 2. The molecule has 1 saturated heterocycles. The number of benzene rings is 2. The van der Waals surface area contributed by atoms with Crippen LogP contribution in [0, 0.1) is 18.4 Å². The molecule has 1 atom stereocenters. The molecule has 1 fully saturated rings. The summed E-state index contributed by atoms with van der Waals surface area (Å²) < 4.78 is 76.3. The molecule has 1 unspecified atom stereocenters. The fraction of sp³-hybridized carbons (Fsp3) is 0.452. The molecule has 1 aliphatic rings. The highest BCUT2D eigenvalue weighted by molar-refractivity contribution is 7.90. The first-order valence-corrected chi connectivity index (χ1v) is 16.1. The van der Waals surface area contributed by atoms with E-state index >= 15 is 0 Å². The van der Waals surface area contributed by atoms with Gasteiger partial charge in [-0.05, 0) is 49.1 Å². The summed E-state index contributed by atoms with van der Waals surface area (Å²) in [6, 6.07) is 11.2. The third-order valence-electron chi connectivity index (χ3n) is 7.31. The van der Waals surface area contributed by atoms with Gasteiger partial charge in [0.15, 0.2) is 15.6 Å². The van der Waals surface area contributed by atoms with Crippen LogP contribution in [-0.4, -0.2) is 94.2 Å². The summed E-state index contributed by atoms with van der Waals surface area (Å²) in [7, 11) is -1.96. The SMILES string of the molecule is [C-]#[N+]COc1cc(S(C)(=O)=O)ccc1NCC#Cc1cc2c(NC3CCN(CC(O)COC)CC3)cccc2n1CC(F)(F)F. The maximum atomic E-state index is 13.6. The Kier molecular flexibility index (Phi) is 11.2. The molecule has 0 saturated carbocycles. The molecule has 242 valence electrons. The van der Waals surface area contributed by atoms with Crippen LogP contribution in [0.1, 0.15) is 18.5 Å². The van der Waals surface area contributed by atoms with Gasteiger partial charge < -0.3 is 34.7 Å². The number of fused-ring (bicyclic) bond motifs is 1. The van der Waals surface area contributed by atoms with Gasteiger partial charge in [0.2, 0.25) is 0 Å². The molecule has 10 nitrogen and oxygen atoms in total. The van der Waals surface area contributed by atoms with Gasteiger partial charge in [0.1, 0.15) is 6.54 Å². The first-order chi connectivity index (χ1) is 21.4. The molecule has 1 aromatic heterocycles. The first kappa shape index (κ1) is 33.9. The number of nitrogens with zero attached hydrogens (tertiary/aromatic N) is 3. The molecular formula is C31H36F3N5O5S. The number of sulfone groups is 1. The second-order valence-electron chi connectivity index (χ2n) is 10.8. The summed E-state index contributed by atoms with van der Waals surface area (Å²) in [6.45, 7) is 7.79. The van der Waals surface area contributed by atoms with Gasteiger partial charge in [0, 0.05) is 56.2 Å². The molecule has 0 amide bonds. The van der Waals surface area contributed by atoms with Crippen molar-refractivity contribution < 1.29 is 36.2 Å². The van der Waals surface area contributed by atoms with Crippen LogP contribution in [0.25, 0.3) is 15.7 Å². The Bertz CT molecular complexity index is 1680. The molecule has 0 spiro atoms. The number of anilines is 2. The van der Waals surface area contributed by atoms with E-state index in [1.807, 2.05) is 6.07 Å². The molecule has 2 heterocycles. The number of piperidine rings is 1. The number of aliphatic hydroxyl groups excluding tert-OH is 1. The van der Waals surface area contributed by atoms with Gasteiger partial charge in [0.25, 0.3) is 0 Å². The summed E-state index contributed by atoms with van der Waals surface area (Å²) in [5.41, 5.74) is 1.71. The Labute approximate surface area is 260 Å². The Balaban J connectivity index is 1.53. The van der Waals surface area contributed by atoms with Gasteiger partial charge in [-0.2, -0.15) is 13.2 Å².